The van der Waals surface area contributed by atoms with Crippen molar-refractivity contribution in [2.24, 2.45) is 5.92 Å². The van der Waals surface area contributed by atoms with Crippen molar-refractivity contribution in [2.75, 3.05) is 25.5 Å². The van der Waals surface area contributed by atoms with Crippen LogP contribution in [0, 0.1) is 5.92 Å². The lowest BCUT2D eigenvalue weighted by molar-refractivity contribution is 0.365. The van der Waals surface area contributed by atoms with E-state index in [2.05, 4.69) is 22.2 Å². The summed E-state index contributed by atoms with van der Waals surface area (Å²) in [5, 5.41) is 7.72. The Morgan fingerprint density at radius 3 is 2.95 bits per heavy atom. The zero-order valence-corrected chi connectivity index (χ0v) is 13.5. The van der Waals surface area contributed by atoms with Crippen LogP contribution in [0.3, 0.4) is 0 Å². The van der Waals surface area contributed by atoms with E-state index in [4.69, 9.17) is 0 Å². The molecule has 1 heterocycles. The molecule has 2 atom stereocenters. The minimum atomic E-state index is 0.00876. The van der Waals surface area contributed by atoms with Gasteiger partial charge in [-0.05, 0) is 38.6 Å². The summed E-state index contributed by atoms with van der Waals surface area (Å²) in [5.41, 5.74) is 0.918. The normalized spacial score (nSPS) is 21.7. The van der Waals surface area contributed by atoms with Crippen LogP contribution in [0.4, 0.5) is 5.69 Å². The Bertz CT molecular complexity index is 499. The lowest BCUT2D eigenvalue weighted by Crippen LogP contribution is -2.31. The number of hydrogen-bond donors (Lipinski definition) is 1. The summed E-state index contributed by atoms with van der Waals surface area (Å²) in [7, 11) is 4.03. The summed E-state index contributed by atoms with van der Waals surface area (Å²) in [4.78, 5) is 14.2. The average molecular weight is 292 g/mol. The van der Waals surface area contributed by atoms with Crippen LogP contribution >= 0.6 is 0 Å². The molecule has 0 saturated heterocycles. The van der Waals surface area contributed by atoms with Crippen LogP contribution in [0.1, 0.15) is 39.0 Å². The lowest BCUT2D eigenvalue weighted by Gasteiger charge is -2.20. The molecule has 0 aliphatic heterocycles. The maximum atomic E-state index is 12.2. The second kappa shape index (κ2) is 7.59. The molecule has 2 rings (SSSR count). The van der Waals surface area contributed by atoms with Gasteiger partial charge in [0.2, 0.25) is 0 Å². The highest BCUT2D eigenvalue weighted by molar-refractivity contribution is 5.41. The molecule has 1 fully saturated rings. The highest BCUT2D eigenvalue weighted by Crippen LogP contribution is 2.28. The first-order valence-corrected chi connectivity index (χ1v) is 8.11. The summed E-state index contributed by atoms with van der Waals surface area (Å²) < 4.78 is 1.61. The van der Waals surface area contributed by atoms with Crippen LogP contribution in [0.15, 0.2) is 17.1 Å². The molecule has 21 heavy (non-hydrogen) atoms. The third-order valence-electron chi connectivity index (χ3n) is 4.60. The zero-order chi connectivity index (χ0) is 15.2. The minimum Gasteiger partial charge on any atom is -0.373 e. The Hall–Kier alpha value is -1.36. The van der Waals surface area contributed by atoms with Gasteiger partial charge in [-0.15, -0.1) is 0 Å². The van der Waals surface area contributed by atoms with Gasteiger partial charge in [0, 0.05) is 32.2 Å². The summed E-state index contributed by atoms with van der Waals surface area (Å²) >= 11 is 0. The minimum absolute atomic E-state index is 0.00876. The summed E-state index contributed by atoms with van der Waals surface area (Å²) in [6.07, 6.45) is 7.71. The van der Waals surface area contributed by atoms with Crippen molar-refractivity contribution >= 4 is 5.69 Å². The molecule has 1 N–H and O–H groups in total. The Balaban J connectivity index is 1.96. The SMILES string of the molecule is CCCN(C)c1cnn(CCC2CCCC2NC)c(=O)c1. The smallest absolute Gasteiger partial charge is 0.268 e. The molecule has 0 aromatic carbocycles. The van der Waals surface area contributed by atoms with E-state index in [0.717, 1.165) is 31.6 Å². The first-order valence-electron chi connectivity index (χ1n) is 8.11. The van der Waals surface area contributed by atoms with Gasteiger partial charge in [-0.3, -0.25) is 4.79 Å². The summed E-state index contributed by atoms with van der Waals surface area (Å²) in [6, 6.07) is 2.31. The lowest BCUT2D eigenvalue weighted by atomic mass is 10.00. The Labute approximate surface area is 127 Å². The number of aromatic nitrogens is 2. The van der Waals surface area contributed by atoms with E-state index in [0.29, 0.717) is 12.0 Å². The summed E-state index contributed by atoms with van der Waals surface area (Å²) in [5.74, 6) is 0.672. The Kier molecular flexibility index (Phi) is 5.79. The molecule has 5 heteroatoms. The standard InChI is InChI=1S/C16H28N4O/c1-4-9-19(3)14-11-16(21)20(18-12-14)10-8-13-6-5-7-15(13)17-2/h11-13,15,17H,4-10H2,1-3H3. The fourth-order valence-electron chi connectivity index (χ4n) is 3.32. The zero-order valence-electron chi connectivity index (χ0n) is 13.5. The van der Waals surface area contributed by atoms with Crippen molar-refractivity contribution in [2.45, 2.75) is 51.6 Å². The van der Waals surface area contributed by atoms with Gasteiger partial charge < -0.3 is 10.2 Å². The maximum Gasteiger partial charge on any atom is 0.268 e. The van der Waals surface area contributed by atoms with E-state index in [1.807, 2.05) is 14.1 Å². The van der Waals surface area contributed by atoms with Gasteiger partial charge in [0.1, 0.15) is 0 Å². The van der Waals surface area contributed by atoms with Gasteiger partial charge in [0.15, 0.2) is 0 Å². The second-order valence-corrected chi connectivity index (χ2v) is 6.07. The van der Waals surface area contributed by atoms with Crippen molar-refractivity contribution in [3.8, 4) is 0 Å². The van der Waals surface area contributed by atoms with Gasteiger partial charge in [0.05, 0.1) is 11.9 Å². The molecule has 1 aliphatic rings. The molecule has 1 saturated carbocycles. The molecule has 0 amide bonds. The van der Waals surface area contributed by atoms with E-state index >= 15 is 0 Å². The van der Waals surface area contributed by atoms with Crippen LogP contribution in [0.2, 0.25) is 0 Å². The molecular formula is C16H28N4O. The predicted octanol–water partition coefficient (Wildman–Crippen LogP) is 1.87. The number of nitrogens with one attached hydrogen (secondary N) is 1. The molecule has 1 aromatic rings. The monoisotopic (exact) mass is 292 g/mol. The molecular weight excluding hydrogens is 264 g/mol. The van der Waals surface area contributed by atoms with E-state index in [-0.39, 0.29) is 5.56 Å². The fraction of sp³-hybridized carbons (Fsp3) is 0.750. The molecule has 5 nitrogen and oxygen atoms in total. The van der Waals surface area contributed by atoms with Gasteiger partial charge in [-0.25, -0.2) is 4.68 Å². The molecule has 1 aromatic heterocycles. The van der Waals surface area contributed by atoms with Crippen molar-refractivity contribution in [3.05, 3.63) is 22.6 Å². The van der Waals surface area contributed by atoms with Crippen molar-refractivity contribution in [1.29, 1.82) is 0 Å². The van der Waals surface area contributed by atoms with Crippen LogP contribution in [-0.4, -0.2) is 36.5 Å². The van der Waals surface area contributed by atoms with Gasteiger partial charge >= 0.3 is 0 Å². The number of aryl methyl sites for hydroxylation is 1. The van der Waals surface area contributed by atoms with Gasteiger partial charge in [-0.2, -0.15) is 5.10 Å². The molecule has 0 bridgehead atoms. The molecule has 2 unspecified atom stereocenters. The van der Waals surface area contributed by atoms with Crippen LogP contribution < -0.4 is 15.8 Å². The van der Waals surface area contributed by atoms with Gasteiger partial charge in [0.25, 0.3) is 5.56 Å². The van der Waals surface area contributed by atoms with Crippen LogP contribution in [-0.2, 0) is 6.54 Å². The number of rotatable bonds is 7. The Morgan fingerprint density at radius 1 is 1.48 bits per heavy atom. The summed E-state index contributed by atoms with van der Waals surface area (Å²) in [6.45, 7) is 3.79. The Morgan fingerprint density at radius 2 is 2.29 bits per heavy atom. The number of anilines is 1. The molecule has 0 radical (unpaired) electrons. The predicted molar refractivity (Wildman–Crippen MR) is 86.9 cm³/mol. The number of nitrogens with zero attached hydrogens (tertiary/aromatic N) is 3. The third kappa shape index (κ3) is 4.06. The molecule has 118 valence electrons. The fourth-order valence-corrected chi connectivity index (χ4v) is 3.32. The highest BCUT2D eigenvalue weighted by Gasteiger charge is 2.25. The quantitative estimate of drug-likeness (QED) is 0.833. The third-order valence-corrected chi connectivity index (χ3v) is 4.60. The van der Waals surface area contributed by atoms with Crippen molar-refractivity contribution in [1.82, 2.24) is 15.1 Å². The number of hydrogen-bond acceptors (Lipinski definition) is 4. The molecule has 1 aliphatic carbocycles. The van der Waals surface area contributed by atoms with Crippen LogP contribution in [0.5, 0.6) is 0 Å². The van der Waals surface area contributed by atoms with E-state index in [1.54, 1.807) is 16.9 Å². The highest BCUT2D eigenvalue weighted by atomic mass is 16.1. The topological polar surface area (TPSA) is 50.2 Å². The second-order valence-electron chi connectivity index (χ2n) is 6.07. The van der Waals surface area contributed by atoms with Crippen molar-refractivity contribution < 1.29 is 0 Å². The first kappa shape index (κ1) is 16.0. The average Bonchev–Trinajstić information content (AvgIpc) is 2.93. The maximum absolute atomic E-state index is 12.2. The van der Waals surface area contributed by atoms with Crippen molar-refractivity contribution in [3.63, 3.8) is 0 Å². The largest absolute Gasteiger partial charge is 0.373 e. The first-order chi connectivity index (χ1) is 10.2. The van der Waals surface area contributed by atoms with Gasteiger partial charge in [-0.1, -0.05) is 13.3 Å². The van der Waals surface area contributed by atoms with Crippen LogP contribution in [0.25, 0.3) is 0 Å². The van der Waals surface area contributed by atoms with E-state index in [9.17, 15) is 4.79 Å². The van der Waals surface area contributed by atoms with E-state index in [1.165, 1.54) is 19.3 Å². The van der Waals surface area contributed by atoms with E-state index < -0.39 is 0 Å². The molecule has 0 spiro atoms.